The molecular weight excluding hydrogens is 293 g/mol. The summed E-state index contributed by atoms with van der Waals surface area (Å²) >= 11 is 0. The lowest BCUT2D eigenvalue weighted by atomic mass is 9.86. The SMILES string of the molecule is COCCCC(N)C(=O)N1CCC(C(=O)O)(C(F)(F)F)C1. The average molecular weight is 312 g/mol. The average Bonchev–Trinajstić information content (AvgIpc) is 2.83. The molecule has 0 aromatic rings. The third-order valence-electron chi connectivity index (χ3n) is 3.71. The van der Waals surface area contributed by atoms with Crippen LogP contribution in [0.25, 0.3) is 0 Å². The number of likely N-dealkylation sites (tertiary alicyclic amines) is 1. The van der Waals surface area contributed by atoms with Crippen molar-refractivity contribution in [3.63, 3.8) is 0 Å². The number of amides is 1. The minimum atomic E-state index is -4.91. The second-order valence-corrected chi connectivity index (χ2v) is 5.14. The molecule has 0 aromatic heterocycles. The van der Waals surface area contributed by atoms with E-state index in [0.29, 0.717) is 13.0 Å². The number of methoxy groups -OCH3 is 1. The highest BCUT2D eigenvalue weighted by Gasteiger charge is 2.64. The highest BCUT2D eigenvalue weighted by molar-refractivity contribution is 5.84. The minimum absolute atomic E-state index is 0.261. The molecule has 0 radical (unpaired) electrons. The summed E-state index contributed by atoms with van der Waals surface area (Å²) in [4.78, 5) is 23.9. The van der Waals surface area contributed by atoms with E-state index in [-0.39, 0.29) is 13.0 Å². The van der Waals surface area contributed by atoms with E-state index >= 15 is 0 Å². The molecule has 1 aliphatic heterocycles. The molecule has 9 heteroatoms. The van der Waals surface area contributed by atoms with E-state index in [2.05, 4.69) is 0 Å². The number of carbonyl (C=O) groups is 2. The second-order valence-electron chi connectivity index (χ2n) is 5.14. The third-order valence-corrected chi connectivity index (χ3v) is 3.71. The maximum atomic E-state index is 13.0. The van der Waals surface area contributed by atoms with Crippen molar-refractivity contribution in [2.24, 2.45) is 11.1 Å². The molecule has 0 spiro atoms. The summed E-state index contributed by atoms with van der Waals surface area (Å²) in [7, 11) is 1.48. The number of aliphatic carboxylic acids is 1. The van der Waals surface area contributed by atoms with Gasteiger partial charge in [0.05, 0.1) is 6.04 Å². The van der Waals surface area contributed by atoms with Crippen LogP contribution in [0.5, 0.6) is 0 Å². The van der Waals surface area contributed by atoms with E-state index in [0.717, 1.165) is 4.90 Å². The quantitative estimate of drug-likeness (QED) is 0.701. The highest BCUT2D eigenvalue weighted by Crippen LogP contribution is 2.45. The lowest BCUT2D eigenvalue weighted by Gasteiger charge is -2.28. The molecule has 1 heterocycles. The highest BCUT2D eigenvalue weighted by atomic mass is 19.4. The maximum Gasteiger partial charge on any atom is 0.406 e. The van der Waals surface area contributed by atoms with Gasteiger partial charge in [0.25, 0.3) is 0 Å². The van der Waals surface area contributed by atoms with Crippen molar-refractivity contribution in [2.75, 3.05) is 26.8 Å². The van der Waals surface area contributed by atoms with Crippen LogP contribution in [0.2, 0.25) is 0 Å². The second kappa shape index (κ2) is 6.61. The Labute approximate surface area is 120 Å². The number of hydrogen-bond acceptors (Lipinski definition) is 4. The van der Waals surface area contributed by atoms with Gasteiger partial charge in [-0.1, -0.05) is 0 Å². The van der Waals surface area contributed by atoms with Gasteiger partial charge in [-0.05, 0) is 19.3 Å². The van der Waals surface area contributed by atoms with Gasteiger partial charge < -0.3 is 20.5 Å². The summed E-state index contributed by atoms with van der Waals surface area (Å²) in [6, 6.07) is -0.946. The van der Waals surface area contributed by atoms with E-state index in [1.807, 2.05) is 0 Å². The number of nitrogens with two attached hydrogens (primary N) is 1. The molecule has 3 N–H and O–H groups in total. The van der Waals surface area contributed by atoms with E-state index in [1.54, 1.807) is 0 Å². The molecular formula is C12H19F3N2O4. The summed E-state index contributed by atoms with van der Waals surface area (Å²) in [5, 5.41) is 8.91. The van der Waals surface area contributed by atoms with Crippen molar-refractivity contribution in [1.82, 2.24) is 4.90 Å². The molecule has 0 saturated carbocycles. The predicted molar refractivity (Wildman–Crippen MR) is 66.4 cm³/mol. The first kappa shape index (κ1) is 17.7. The van der Waals surface area contributed by atoms with Crippen molar-refractivity contribution in [1.29, 1.82) is 0 Å². The fraction of sp³-hybridized carbons (Fsp3) is 0.833. The summed E-state index contributed by atoms with van der Waals surface area (Å²) in [6.45, 7) is -0.756. The number of carbonyl (C=O) groups excluding carboxylic acids is 1. The van der Waals surface area contributed by atoms with Gasteiger partial charge in [-0.25, -0.2) is 0 Å². The van der Waals surface area contributed by atoms with E-state index in [1.165, 1.54) is 7.11 Å². The number of rotatable bonds is 6. The summed E-state index contributed by atoms with van der Waals surface area (Å²) in [6.07, 6.45) is -4.79. The number of halogens is 3. The first-order valence-corrected chi connectivity index (χ1v) is 6.49. The predicted octanol–water partition coefficient (Wildman–Crippen LogP) is 0.606. The fourth-order valence-corrected chi connectivity index (χ4v) is 2.33. The molecule has 122 valence electrons. The number of hydrogen-bond donors (Lipinski definition) is 2. The molecule has 1 amide bonds. The van der Waals surface area contributed by atoms with Gasteiger partial charge in [-0.3, -0.25) is 9.59 Å². The van der Waals surface area contributed by atoms with Crippen LogP contribution in [0.15, 0.2) is 0 Å². The Bertz CT molecular complexity index is 402. The van der Waals surface area contributed by atoms with Crippen LogP contribution in [0.3, 0.4) is 0 Å². The molecule has 1 rings (SSSR count). The van der Waals surface area contributed by atoms with Gasteiger partial charge in [0.1, 0.15) is 0 Å². The Morgan fingerprint density at radius 3 is 2.52 bits per heavy atom. The fourth-order valence-electron chi connectivity index (χ4n) is 2.33. The van der Waals surface area contributed by atoms with Crippen molar-refractivity contribution in [2.45, 2.75) is 31.5 Å². The Balaban J connectivity index is 2.72. The van der Waals surface area contributed by atoms with Crippen LogP contribution in [0, 0.1) is 5.41 Å². The Kier molecular flexibility index (Phi) is 5.57. The minimum Gasteiger partial charge on any atom is -0.481 e. The summed E-state index contributed by atoms with van der Waals surface area (Å²) in [5.74, 6) is -2.61. The molecule has 1 saturated heterocycles. The molecule has 2 unspecified atom stereocenters. The molecule has 21 heavy (non-hydrogen) atoms. The standard InChI is InChI=1S/C12H19F3N2O4/c1-21-6-2-3-8(16)9(18)17-5-4-11(7-17,10(19)20)12(13,14)15/h8H,2-7,16H2,1H3,(H,19,20). The Morgan fingerprint density at radius 1 is 1.48 bits per heavy atom. The smallest absolute Gasteiger partial charge is 0.406 e. The van der Waals surface area contributed by atoms with Gasteiger partial charge in [-0.2, -0.15) is 13.2 Å². The van der Waals surface area contributed by atoms with Crippen molar-refractivity contribution in [3.8, 4) is 0 Å². The largest absolute Gasteiger partial charge is 0.481 e. The first-order valence-electron chi connectivity index (χ1n) is 6.49. The lowest BCUT2D eigenvalue weighted by molar-refractivity contribution is -0.227. The molecule has 2 atom stereocenters. The van der Waals surface area contributed by atoms with Crippen LogP contribution in [0.4, 0.5) is 13.2 Å². The monoisotopic (exact) mass is 312 g/mol. The van der Waals surface area contributed by atoms with Crippen molar-refractivity contribution < 1.29 is 32.6 Å². The summed E-state index contributed by atoms with van der Waals surface area (Å²) in [5.41, 5.74) is 2.74. The van der Waals surface area contributed by atoms with Crippen LogP contribution < -0.4 is 5.73 Å². The summed E-state index contributed by atoms with van der Waals surface area (Å²) < 4.78 is 43.8. The Morgan fingerprint density at radius 2 is 2.10 bits per heavy atom. The zero-order valence-electron chi connectivity index (χ0n) is 11.7. The van der Waals surface area contributed by atoms with Crippen LogP contribution in [-0.2, 0) is 14.3 Å². The van der Waals surface area contributed by atoms with Gasteiger partial charge >= 0.3 is 12.1 Å². The topological polar surface area (TPSA) is 92.9 Å². The van der Waals surface area contributed by atoms with Crippen molar-refractivity contribution >= 4 is 11.9 Å². The maximum absolute atomic E-state index is 13.0. The molecule has 0 aromatic carbocycles. The van der Waals surface area contributed by atoms with Crippen LogP contribution in [-0.4, -0.2) is 60.9 Å². The number of carboxylic acids is 1. The number of ether oxygens (including phenoxy) is 1. The number of nitrogens with zero attached hydrogens (tertiary/aromatic N) is 1. The van der Waals surface area contributed by atoms with E-state index in [9.17, 15) is 22.8 Å². The molecule has 6 nitrogen and oxygen atoms in total. The van der Waals surface area contributed by atoms with Gasteiger partial charge in [0.2, 0.25) is 5.91 Å². The van der Waals surface area contributed by atoms with Crippen LogP contribution in [0.1, 0.15) is 19.3 Å². The molecule has 1 aliphatic rings. The normalized spacial score (nSPS) is 24.1. The first-order chi connectivity index (χ1) is 9.65. The lowest BCUT2D eigenvalue weighted by Crippen LogP contribution is -2.49. The number of alkyl halides is 3. The van der Waals surface area contributed by atoms with Gasteiger partial charge in [0, 0.05) is 26.8 Å². The Hall–Kier alpha value is -1.35. The molecule has 0 bridgehead atoms. The van der Waals surface area contributed by atoms with Gasteiger partial charge in [0.15, 0.2) is 5.41 Å². The van der Waals surface area contributed by atoms with E-state index < -0.39 is 42.5 Å². The number of carboxylic acid groups (broad SMARTS) is 1. The molecule has 1 fully saturated rings. The zero-order valence-corrected chi connectivity index (χ0v) is 11.7. The molecule has 0 aliphatic carbocycles. The van der Waals surface area contributed by atoms with Crippen molar-refractivity contribution in [3.05, 3.63) is 0 Å². The van der Waals surface area contributed by atoms with Crippen LogP contribution >= 0.6 is 0 Å². The van der Waals surface area contributed by atoms with E-state index in [4.69, 9.17) is 15.6 Å². The van der Waals surface area contributed by atoms with Gasteiger partial charge in [-0.15, -0.1) is 0 Å². The third kappa shape index (κ3) is 3.65. The zero-order chi connectivity index (χ0) is 16.3.